The lowest BCUT2D eigenvalue weighted by atomic mass is 9.99. The van der Waals surface area contributed by atoms with Crippen LogP contribution in [-0.2, 0) is 4.74 Å². The Kier molecular flexibility index (Phi) is 8.05. The first-order valence-electron chi connectivity index (χ1n) is 5.06. The first kappa shape index (κ1) is 12.7. The lowest BCUT2D eigenvalue weighted by Gasteiger charge is -2.18. The van der Waals surface area contributed by atoms with E-state index in [4.69, 9.17) is 9.84 Å². The Bertz CT molecular complexity index is 132. The standard InChI is InChI=1S/C11H22O2/c1-4-7-10(2)11(13-3)8-5-6-9-12/h5,8,10-12H,4,6-7,9H2,1-3H3/b8-5+. The summed E-state index contributed by atoms with van der Waals surface area (Å²) in [5.74, 6) is 0.560. The molecule has 0 aromatic carbocycles. The highest BCUT2D eigenvalue weighted by Crippen LogP contribution is 2.14. The predicted octanol–water partition coefficient (Wildman–Crippen LogP) is 2.38. The zero-order valence-electron chi connectivity index (χ0n) is 8.99. The van der Waals surface area contributed by atoms with E-state index in [2.05, 4.69) is 19.9 Å². The average molecular weight is 186 g/mol. The van der Waals surface area contributed by atoms with Crippen molar-refractivity contribution in [3.05, 3.63) is 12.2 Å². The number of hydrogen-bond acceptors (Lipinski definition) is 2. The maximum atomic E-state index is 8.60. The molecule has 2 atom stereocenters. The van der Waals surface area contributed by atoms with Crippen molar-refractivity contribution in [2.75, 3.05) is 13.7 Å². The molecule has 2 nitrogen and oxygen atoms in total. The van der Waals surface area contributed by atoms with Crippen molar-refractivity contribution in [1.82, 2.24) is 0 Å². The highest BCUT2D eigenvalue weighted by molar-refractivity contribution is 4.91. The van der Waals surface area contributed by atoms with Gasteiger partial charge in [0.1, 0.15) is 0 Å². The molecular formula is C11H22O2. The summed E-state index contributed by atoms with van der Waals surface area (Å²) in [7, 11) is 1.74. The number of rotatable bonds is 7. The van der Waals surface area contributed by atoms with Crippen LogP contribution in [0.15, 0.2) is 12.2 Å². The molecule has 2 unspecified atom stereocenters. The van der Waals surface area contributed by atoms with Gasteiger partial charge in [-0.15, -0.1) is 0 Å². The average Bonchev–Trinajstić information content (AvgIpc) is 2.13. The smallest absolute Gasteiger partial charge is 0.0777 e. The fraction of sp³-hybridized carbons (Fsp3) is 0.818. The van der Waals surface area contributed by atoms with Gasteiger partial charge in [-0.05, 0) is 18.8 Å². The normalized spacial score (nSPS) is 16.3. The van der Waals surface area contributed by atoms with Gasteiger partial charge in [-0.3, -0.25) is 0 Å². The van der Waals surface area contributed by atoms with Gasteiger partial charge in [-0.2, -0.15) is 0 Å². The number of ether oxygens (including phenoxy) is 1. The second-order valence-electron chi connectivity index (χ2n) is 3.41. The van der Waals surface area contributed by atoms with E-state index >= 15 is 0 Å². The molecule has 0 aromatic heterocycles. The molecule has 0 aliphatic heterocycles. The minimum atomic E-state index is 0.200. The predicted molar refractivity (Wildman–Crippen MR) is 55.7 cm³/mol. The molecule has 0 spiro atoms. The van der Waals surface area contributed by atoms with E-state index in [9.17, 15) is 0 Å². The van der Waals surface area contributed by atoms with E-state index in [1.54, 1.807) is 7.11 Å². The Morgan fingerprint density at radius 3 is 2.62 bits per heavy atom. The molecule has 0 aliphatic rings. The van der Waals surface area contributed by atoms with Gasteiger partial charge in [0.2, 0.25) is 0 Å². The van der Waals surface area contributed by atoms with Crippen LogP contribution in [0.2, 0.25) is 0 Å². The van der Waals surface area contributed by atoms with Crippen LogP contribution in [0.1, 0.15) is 33.1 Å². The molecular weight excluding hydrogens is 164 g/mol. The fourth-order valence-corrected chi connectivity index (χ4v) is 1.43. The van der Waals surface area contributed by atoms with E-state index in [0.717, 1.165) is 6.42 Å². The van der Waals surface area contributed by atoms with Crippen molar-refractivity contribution in [2.45, 2.75) is 39.2 Å². The third-order valence-corrected chi connectivity index (χ3v) is 2.20. The number of methoxy groups -OCH3 is 1. The van der Waals surface area contributed by atoms with Crippen molar-refractivity contribution in [2.24, 2.45) is 5.92 Å². The maximum absolute atomic E-state index is 8.60. The van der Waals surface area contributed by atoms with Gasteiger partial charge >= 0.3 is 0 Å². The summed E-state index contributed by atoms with van der Waals surface area (Å²) in [6.07, 6.45) is 7.33. The zero-order chi connectivity index (χ0) is 10.1. The lowest BCUT2D eigenvalue weighted by molar-refractivity contribution is 0.0923. The molecule has 13 heavy (non-hydrogen) atoms. The molecule has 0 aromatic rings. The third-order valence-electron chi connectivity index (χ3n) is 2.20. The molecule has 1 N–H and O–H groups in total. The second kappa shape index (κ2) is 8.27. The minimum Gasteiger partial charge on any atom is -0.396 e. The molecule has 0 radical (unpaired) electrons. The van der Waals surface area contributed by atoms with Crippen LogP contribution in [0.25, 0.3) is 0 Å². The Hall–Kier alpha value is -0.340. The van der Waals surface area contributed by atoms with E-state index < -0.39 is 0 Å². The largest absolute Gasteiger partial charge is 0.396 e. The molecule has 2 heteroatoms. The van der Waals surface area contributed by atoms with Crippen molar-refractivity contribution < 1.29 is 9.84 Å². The second-order valence-corrected chi connectivity index (χ2v) is 3.41. The Labute approximate surface area is 81.6 Å². The maximum Gasteiger partial charge on any atom is 0.0777 e. The summed E-state index contributed by atoms with van der Waals surface area (Å²) in [5, 5.41) is 8.60. The summed E-state index contributed by atoms with van der Waals surface area (Å²) in [6, 6.07) is 0. The molecule has 0 saturated carbocycles. The Balaban J connectivity index is 3.85. The van der Waals surface area contributed by atoms with Crippen LogP contribution < -0.4 is 0 Å². The Morgan fingerprint density at radius 1 is 1.46 bits per heavy atom. The van der Waals surface area contributed by atoms with Crippen molar-refractivity contribution in [3.63, 3.8) is 0 Å². The topological polar surface area (TPSA) is 29.5 Å². The van der Waals surface area contributed by atoms with Crippen molar-refractivity contribution in [1.29, 1.82) is 0 Å². The summed E-state index contributed by atoms with van der Waals surface area (Å²) in [5.41, 5.74) is 0. The minimum absolute atomic E-state index is 0.200. The van der Waals surface area contributed by atoms with Crippen LogP contribution in [0, 0.1) is 5.92 Å². The fourth-order valence-electron chi connectivity index (χ4n) is 1.43. The van der Waals surface area contributed by atoms with Crippen LogP contribution in [-0.4, -0.2) is 24.9 Å². The number of aliphatic hydroxyl groups is 1. The molecule has 0 heterocycles. The van der Waals surface area contributed by atoms with Crippen molar-refractivity contribution in [3.8, 4) is 0 Å². The van der Waals surface area contributed by atoms with Gasteiger partial charge in [0.25, 0.3) is 0 Å². The third kappa shape index (κ3) is 5.83. The van der Waals surface area contributed by atoms with Gasteiger partial charge in [0.15, 0.2) is 0 Å². The summed E-state index contributed by atoms with van der Waals surface area (Å²) >= 11 is 0. The van der Waals surface area contributed by atoms with Gasteiger partial charge in [-0.1, -0.05) is 32.4 Å². The van der Waals surface area contributed by atoms with E-state index in [1.165, 1.54) is 12.8 Å². The van der Waals surface area contributed by atoms with Crippen LogP contribution >= 0.6 is 0 Å². The monoisotopic (exact) mass is 186 g/mol. The number of aliphatic hydroxyl groups excluding tert-OH is 1. The van der Waals surface area contributed by atoms with E-state index in [1.807, 2.05) is 6.08 Å². The highest BCUT2D eigenvalue weighted by Gasteiger charge is 2.11. The molecule has 0 bridgehead atoms. The molecule has 0 amide bonds. The van der Waals surface area contributed by atoms with Crippen LogP contribution in [0.3, 0.4) is 0 Å². The first-order chi connectivity index (χ1) is 6.26. The van der Waals surface area contributed by atoms with E-state index in [-0.39, 0.29) is 12.7 Å². The van der Waals surface area contributed by atoms with Gasteiger partial charge in [0, 0.05) is 13.7 Å². The summed E-state index contributed by atoms with van der Waals surface area (Å²) in [6.45, 7) is 4.59. The van der Waals surface area contributed by atoms with E-state index in [0.29, 0.717) is 5.92 Å². The van der Waals surface area contributed by atoms with Crippen LogP contribution in [0.4, 0.5) is 0 Å². The summed E-state index contributed by atoms with van der Waals surface area (Å²) in [4.78, 5) is 0. The molecule has 0 rings (SSSR count). The zero-order valence-corrected chi connectivity index (χ0v) is 8.99. The quantitative estimate of drug-likeness (QED) is 0.618. The van der Waals surface area contributed by atoms with Gasteiger partial charge in [-0.25, -0.2) is 0 Å². The Morgan fingerprint density at radius 2 is 2.15 bits per heavy atom. The molecule has 0 fully saturated rings. The SMILES string of the molecule is CCCC(C)C(/C=C/CCO)OC. The van der Waals surface area contributed by atoms with Gasteiger partial charge < -0.3 is 9.84 Å². The number of hydrogen-bond donors (Lipinski definition) is 1. The lowest BCUT2D eigenvalue weighted by Crippen LogP contribution is -2.17. The van der Waals surface area contributed by atoms with Crippen molar-refractivity contribution >= 4 is 0 Å². The molecule has 0 saturated heterocycles. The summed E-state index contributed by atoms with van der Waals surface area (Å²) < 4.78 is 5.34. The molecule has 0 aliphatic carbocycles. The molecule has 78 valence electrons. The highest BCUT2D eigenvalue weighted by atomic mass is 16.5. The van der Waals surface area contributed by atoms with Gasteiger partial charge in [0.05, 0.1) is 6.10 Å². The van der Waals surface area contributed by atoms with Crippen LogP contribution in [0.5, 0.6) is 0 Å². The first-order valence-corrected chi connectivity index (χ1v) is 5.06.